The first-order valence-electron chi connectivity index (χ1n) is 12.0. The molecule has 1 heterocycles. The highest BCUT2D eigenvalue weighted by Crippen LogP contribution is 2.39. The van der Waals surface area contributed by atoms with Crippen molar-refractivity contribution in [2.45, 2.75) is 0 Å². The lowest BCUT2D eigenvalue weighted by atomic mass is 9.94. The molecule has 8 rings (SSSR count). The van der Waals surface area contributed by atoms with Crippen LogP contribution in [0.2, 0.25) is 0 Å². The molecule has 0 aliphatic heterocycles. The molecule has 7 aromatic carbocycles. The summed E-state index contributed by atoms with van der Waals surface area (Å²) in [5.41, 5.74) is 4.27. The number of fused-ring (bicyclic) bond motifs is 8. The second-order valence-electron chi connectivity index (χ2n) is 9.40. The summed E-state index contributed by atoms with van der Waals surface area (Å²) in [7, 11) is 0. The van der Waals surface area contributed by atoms with Crippen LogP contribution in [0.4, 0.5) is 0 Å². The van der Waals surface area contributed by atoms with Gasteiger partial charge in [0.1, 0.15) is 11.2 Å². The van der Waals surface area contributed by atoms with Gasteiger partial charge in [0.15, 0.2) is 0 Å². The molecular weight excluding hydrogens is 424 g/mol. The van der Waals surface area contributed by atoms with E-state index in [1.54, 1.807) is 0 Å². The molecule has 0 amide bonds. The minimum absolute atomic E-state index is 0.928. The van der Waals surface area contributed by atoms with Gasteiger partial charge in [-0.2, -0.15) is 0 Å². The van der Waals surface area contributed by atoms with E-state index in [1.807, 2.05) is 0 Å². The van der Waals surface area contributed by atoms with Crippen molar-refractivity contribution >= 4 is 65.0 Å². The Hall–Kier alpha value is -4.62. The molecule has 0 radical (unpaired) electrons. The van der Waals surface area contributed by atoms with Crippen molar-refractivity contribution in [1.29, 1.82) is 0 Å². The van der Waals surface area contributed by atoms with Crippen molar-refractivity contribution in [1.82, 2.24) is 0 Å². The second-order valence-corrected chi connectivity index (χ2v) is 9.40. The molecule has 0 saturated carbocycles. The first kappa shape index (κ1) is 18.8. The third-order valence-electron chi connectivity index (χ3n) is 7.38. The van der Waals surface area contributed by atoms with Crippen LogP contribution in [0, 0.1) is 0 Å². The van der Waals surface area contributed by atoms with Gasteiger partial charge in [0.05, 0.1) is 0 Å². The molecule has 0 saturated heterocycles. The molecule has 0 fully saturated rings. The summed E-state index contributed by atoms with van der Waals surface area (Å²) in [6, 6.07) is 43.8. The van der Waals surface area contributed by atoms with E-state index in [4.69, 9.17) is 4.42 Å². The summed E-state index contributed by atoms with van der Waals surface area (Å²) in [6.07, 6.45) is 0. The number of rotatable bonds is 1. The lowest BCUT2D eigenvalue weighted by Gasteiger charge is -2.09. The molecule has 0 aliphatic carbocycles. The van der Waals surface area contributed by atoms with E-state index in [-0.39, 0.29) is 0 Å². The number of hydrogen-bond acceptors (Lipinski definition) is 1. The minimum atomic E-state index is 0.928. The largest absolute Gasteiger partial charge is 0.456 e. The van der Waals surface area contributed by atoms with Crippen molar-refractivity contribution in [3.05, 3.63) is 121 Å². The highest BCUT2D eigenvalue weighted by atomic mass is 16.3. The molecular formula is C34H20O. The third-order valence-corrected chi connectivity index (χ3v) is 7.38. The first-order valence-corrected chi connectivity index (χ1v) is 12.0. The van der Waals surface area contributed by atoms with Crippen LogP contribution in [-0.2, 0) is 0 Å². The van der Waals surface area contributed by atoms with Crippen molar-refractivity contribution < 1.29 is 4.42 Å². The number of benzene rings is 7. The van der Waals surface area contributed by atoms with Gasteiger partial charge in [0.25, 0.3) is 0 Å². The van der Waals surface area contributed by atoms with Crippen LogP contribution in [-0.4, -0.2) is 0 Å². The number of furan rings is 1. The van der Waals surface area contributed by atoms with E-state index in [0.717, 1.165) is 11.2 Å². The van der Waals surface area contributed by atoms with E-state index >= 15 is 0 Å². The minimum Gasteiger partial charge on any atom is -0.456 e. The molecule has 1 nitrogen and oxygen atoms in total. The Kier molecular flexibility index (Phi) is 3.72. The summed E-state index contributed by atoms with van der Waals surface area (Å²) in [6.45, 7) is 0. The summed E-state index contributed by atoms with van der Waals surface area (Å²) >= 11 is 0. The summed E-state index contributed by atoms with van der Waals surface area (Å²) in [5.74, 6) is 0. The van der Waals surface area contributed by atoms with Crippen molar-refractivity contribution in [3.8, 4) is 11.1 Å². The fraction of sp³-hybridized carbons (Fsp3) is 0. The topological polar surface area (TPSA) is 13.1 Å². The van der Waals surface area contributed by atoms with Gasteiger partial charge >= 0.3 is 0 Å². The third kappa shape index (κ3) is 2.76. The standard InChI is InChI=1S/C34H20O/c1-2-8-23-20-33-31(18-22(23)7-1)34-29(10-5-11-32(34)35-33)25-15-13-24-16-26-14-12-21-6-3-4-9-28(21)30(26)19-27(24)17-25/h1-20H. The maximum absolute atomic E-state index is 6.32. The zero-order chi connectivity index (χ0) is 22.9. The molecule has 0 N–H and O–H groups in total. The second kappa shape index (κ2) is 6.94. The Morgan fingerprint density at radius 1 is 0.371 bits per heavy atom. The van der Waals surface area contributed by atoms with Gasteiger partial charge in [-0.05, 0) is 90.6 Å². The van der Waals surface area contributed by atoms with Crippen LogP contribution in [0.1, 0.15) is 0 Å². The van der Waals surface area contributed by atoms with Gasteiger partial charge in [-0.25, -0.2) is 0 Å². The average Bonchev–Trinajstić information content (AvgIpc) is 3.28. The molecule has 0 unspecified atom stereocenters. The number of hydrogen-bond donors (Lipinski definition) is 0. The van der Waals surface area contributed by atoms with Crippen LogP contribution < -0.4 is 0 Å². The molecule has 0 aliphatic rings. The Labute approximate surface area is 201 Å². The molecule has 0 bridgehead atoms. The van der Waals surface area contributed by atoms with Gasteiger partial charge in [-0.3, -0.25) is 0 Å². The van der Waals surface area contributed by atoms with E-state index < -0.39 is 0 Å². The maximum atomic E-state index is 6.32. The Bertz CT molecular complexity index is 2110. The van der Waals surface area contributed by atoms with E-state index in [1.165, 1.54) is 65.0 Å². The molecule has 35 heavy (non-hydrogen) atoms. The predicted molar refractivity (Wildman–Crippen MR) is 149 cm³/mol. The monoisotopic (exact) mass is 444 g/mol. The molecule has 0 spiro atoms. The fourth-order valence-corrected chi connectivity index (χ4v) is 5.67. The molecule has 0 atom stereocenters. The summed E-state index contributed by atoms with van der Waals surface area (Å²) in [5, 5.41) is 12.4. The van der Waals surface area contributed by atoms with Crippen LogP contribution in [0.5, 0.6) is 0 Å². The highest BCUT2D eigenvalue weighted by Gasteiger charge is 2.14. The maximum Gasteiger partial charge on any atom is 0.136 e. The summed E-state index contributed by atoms with van der Waals surface area (Å²) in [4.78, 5) is 0. The van der Waals surface area contributed by atoms with Gasteiger partial charge in [0, 0.05) is 10.8 Å². The molecule has 162 valence electrons. The van der Waals surface area contributed by atoms with Crippen LogP contribution in [0.3, 0.4) is 0 Å². The van der Waals surface area contributed by atoms with Crippen LogP contribution >= 0.6 is 0 Å². The highest BCUT2D eigenvalue weighted by molar-refractivity contribution is 6.17. The van der Waals surface area contributed by atoms with Crippen molar-refractivity contribution in [2.24, 2.45) is 0 Å². The Morgan fingerprint density at radius 3 is 2.00 bits per heavy atom. The lowest BCUT2D eigenvalue weighted by molar-refractivity contribution is 0.669. The van der Waals surface area contributed by atoms with E-state index in [0.29, 0.717) is 0 Å². The van der Waals surface area contributed by atoms with Gasteiger partial charge in [-0.15, -0.1) is 0 Å². The van der Waals surface area contributed by atoms with Gasteiger partial charge in [-0.1, -0.05) is 84.9 Å². The lowest BCUT2D eigenvalue weighted by Crippen LogP contribution is -1.83. The molecule has 8 aromatic rings. The van der Waals surface area contributed by atoms with Gasteiger partial charge in [0.2, 0.25) is 0 Å². The Morgan fingerprint density at radius 2 is 1.09 bits per heavy atom. The van der Waals surface area contributed by atoms with E-state index in [2.05, 4.69) is 121 Å². The van der Waals surface area contributed by atoms with Crippen LogP contribution in [0.25, 0.3) is 76.2 Å². The van der Waals surface area contributed by atoms with Gasteiger partial charge < -0.3 is 4.42 Å². The predicted octanol–water partition coefficient (Wildman–Crippen LogP) is 9.87. The fourth-order valence-electron chi connectivity index (χ4n) is 5.67. The normalized spacial score (nSPS) is 12.0. The zero-order valence-electron chi connectivity index (χ0n) is 19.0. The SMILES string of the molecule is c1ccc2cc3c(cc2c1)oc1cccc(-c2ccc4cc5ccc6ccccc6c5cc4c2)c13. The van der Waals surface area contributed by atoms with Crippen molar-refractivity contribution in [2.75, 3.05) is 0 Å². The summed E-state index contributed by atoms with van der Waals surface area (Å²) < 4.78 is 6.32. The Balaban J connectivity index is 1.41. The average molecular weight is 445 g/mol. The molecule has 1 aromatic heterocycles. The first-order chi connectivity index (χ1) is 17.3. The molecule has 1 heteroatoms. The smallest absolute Gasteiger partial charge is 0.136 e. The quantitative estimate of drug-likeness (QED) is 0.181. The zero-order valence-corrected chi connectivity index (χ0v) is 19.0. The van der Waals surface area contributed by atoms with Crippen LogP contribution in [0.15, 0.2) is 126 Å². The van der Waals surface area contributed by atoms with Crippen molar-refractivity contribution in [3.63, 3.8) is 0 Å². The van der Waals surface area contributed by atoms with E-state index in [9.17, 15) is 0 Å².